The summed E-state index contributed by atoms with van der Waals surface area (Å²) in [5.74, 6) is 0. The second kappa shape index (κ2) is 5.91. The van der Waals surface area contributed by atoms with Crippen LogP contribution in [-0.4, -0.2) is 15.0 Å². The van der Waals surface area contributed by atoms with E-state index in [4.69, 9.17) is 11.6 Å². The summed E-state index contributed by atoms with van der Waals surface area (Å²) >= 11 is 6.45. The Morgan fingerprint density at radius 1 is 0.875 bits per heavy atom. The van der Waals surface area contributed by atoms with Crippen molar-refractivity contribution < 1.29 is 0 Å². The molecule has 0 atom stereocenters. The molecule has 0 nitrogen and oxygen atoms in total. The first-order valence-corrected chi connectivity index (χ1v) is 7.09. The minimum atomic E-state index is 0.207. The topological polar surface area (TPSA) is 0 Å². The van der Waals surface area contributed by atoms with E-state index in [1.54, 1.807) is 0 Å². The quantitative estimate of drug-likeness (QED) is 0.762. The molecule has 0 amide bonds. The molecule has 2 rings (SSSR count). The first kappa shape index (κ1) is 11.5. The maximum absolute atomic E-state index is 6.24. The molecule has 0 saturated carbocycles. The molecule has 0 saturated heterocycles. The third-order valence-corrected chi connectivity index (χ3v) is 4.27. The first-order valence-electron chi connectivity index (χ1n) is 5.00. The zero-order valence-electron chi connectivity index (χ0n) is 8.64. The maximum atomic E-state index is 6.24. The van der Waals surface area contributed by atoms with Crippen LogP contribution in [0.25, 0.3) is 6.08 Å². The van der Waals surface area contributed by atoms with Gasteiger partial charge in [-0.1, -0.05) is 0 Å². The van der Waals surface area contributed by atoms with Crippen molar-refractivity contribution in [2.75, 3.05) is 0 Å². The van der Waals surface area contributed by atoms with Crippen LogP contribution in [0.4, 0.5) is 0 Å². The summed E-state index contributed by atoms with van der Waals surface area (Å²) in [6.07, 6.45) is 2.04. The first-order chi connectivity index (χ1) is 7.84. The van der Waals surface area contributed by atoms with E-state index >= 15 is 0 Å². The molecule has 0 spiro atoms. The average molecular weight is 294 g/mol. The molecule has 0 fully saturated rings. The third kappa shape index (κ3) is 3.53. The second-order valence-electron chi connectivity index (χ2n) is 3.27. The van der Waals surface area contributed by atoms with E-state index in [0.29, 0.717) is 0 Å². The Bertz CT molecular complexity index is 463. The monoisotopic (exact) mass is 294 g/mol. The molecule has 0 aliphatic heterocycles. The predicted molar refractivity (Wildman–Crippen MR) is 72.1 cm³/mol. The molecule has 80 valence electrons. The zero-order chi connectivity index (χ0) is 11.2. The van der Waals surface area contributed by atoms with Crippen LogP contribution < -0.4 is 4.46 Å². The van der Waals surface area contributed by atoms with Gasteiger partial charge in [0.2, 0.25) is 0 Å². The molecule has 0 N–H and O–H groups in total. The van der Waals surface area contributed by atoms with E-state index in [9.17, 15) is 0 Å². The summed E-state index contributed by atoms with van der Waals surface area (Å²) in [5.41, 5.74) is 1.16. The Morgan fingerprint density at radius 2 is 1.44 bits per heavy atom. The molecule has 0 radical (unpaired) electrons. The van der Waals surface area contributed by atoms with Crippen molar-refractivity contribution in [3.8, 4) is 0 Å². The molecule has 0 aliphatic rings. The standard InChI is InChI=1S/C14H11ClSe/c15-14(11-12-7-3-1-4-8-12)16-13-9-5-2-6-10-13/h1-11H/b14-11-. The summed E-state index contributed by atoms with van der Waals surface area (Å²) in [7, 11) is 0. The van der Waals surface area contributed by atoms with Gasteiger partial charge in [-0.15, -0.1) is 0 Å². The van der Waals surface area contributed by atoms with Crippen molar-refractivity contribution in [3.63, 3.8) is 0 Å². The van der Waals surface area contributed by atoms with Crippen molar-refractivity contribution in [1.82, 2.24) is 0 Å². The number of benzene rings is 2. The van der Waals surface area contributed by atoms with Gasteiger partial charge in [0.25, 0.3) is 0 Å². The Hall–Kier alpha value is -1.01. The summed E-state index contributed by atoms with van der Waals surface area (Å²) in [6, 6.07) is 20.5. The van der Waals surface area contributed by atoms with Crippen LogP contribution in [0.5, 0.6) is 0 Å². The van der Waals surface area contributed by atoms with Gasteiger partial charge in [-0.2, -0.15) is 0 Å². The van der Waals surface area contributed by atoms with Crippen molar-refractivity contribution >= 4 is 37.1 Å². The third-order valence-electron chi connectivity index (χ3n) is 2.04. The zero-order valence-corrected chi connectivity index (χ0v) is 11.1. The van der Waals surface area contributed by atoms with Crippen LogP contribution in [0.2, 0.25) is 0 Å². The van der Waals surface area contributed by atoms with Crippen LogP contribution >= 0.6 is 11.6 Å². The van der Waals surface area contributed by atoms with E-state index in [2.05, 4.69) is 24.3 Å². The molecule has 2 aromatic carbocycles. The van der Waals surface area contributed by atoms with Crippen molar-refractivity contribution in [2.45, 2.75) is 0 Å². The SMILES string of the molecule is Cl/C(=C/c1ccccc1)[Se]c1ccccc1. The van der Waals surface area contributed by atoms with Gasteiger partial charge in [-0.25, -0.2) is 0 Å². The Kier molecular flexibility index (Phi) is 4.24. The molecular formula is C14H11ClSe. The predicted octanol–water partition coefficient (Wildman–Crippen LogP) is 3.25. The number of rotatable bonds is 3. The normalized spacial score (nSPS) is 11.4. The van der Waals surface area contributed by atoms with Crippen LogP contribution in [-0.2, 0) is 0 Å². The second-order valence-corrected chi connectivity index (χ2v) is 6.53. The number of halogens is 1. The fourth-order valence-electron chi connectivity index (χ4n) is 1.31. The Labute approximate surface area is 107 Å². The minimum absolute atomic E-state index is 0.207. The van der Waals surface area contributed by atoms with Gasteiger partial charge < -0.3 is 0 Å². The molecule has 2 heteroatoms. The van der Waals surface area contributed by atoms with Crippen LogP contribution in [0.3, 0.4) is 0 Å². The van der Waals surface area contributed by atoms with Gasteiger partial charge >= 0.3 is 107 Å². The molecule has 2 aromatic rings. The van der Waals surface area contributed by atoms with Gasteiger partial charge in [0.15, 0.2) is 0 Å². The van der Waals surface area contributed by atoms with Gasteiger partial charge in [0.05, 0.1) is 0 Å². The van der Waals surface area contributed by atoms with E-state index in [1.165, 1.54) is 4.46 Å². The van der Waals surface area contributed by atoms with Gasteiger partial charge in [-0.3, -0.25) is 0 Å². The van der Waals surface area contributed by atoms with Gasteiger partial charge in [-0.05, 0) is 0 Å². The average Bonchev–Trinajstić information content (AvgIpc) is 2.31. The molecular weight excluding hydrogens is 283 g/mol. The molecule has 16 heavy (non-hydrogen) atoms. The van der Waals surface area contributed by atoms with Crippen LogP contribution in [0, 0.1) is 0 Å². The van der Waals surface area contributed by atoms with E-state index < -0.39 is 0 Å². The molecule has 0 aromatic heterocycles. The van der Waals surface area contributed by atoms with E-state index in [-0.39, 0.29) is 15.0 Å². The number of hydrogen-bond donors (Lipinski definition) is 0. The van der Waals surface area contributed by atoms with E-state index in [1.807, 2.05) is 42.5 Å². The summed E-state index contributed by atoms with van der Waals surface area (Å²) in [6.45, 7) is 0. The van der Waals surface area contributed by atoms with Crippen LogP contribution in [0.15, 0.2) is 64.6 Å². The molecule has 0 bridgehead atoms. The van der Waals surface area contributed by atoms with Crippen molar-refractivity contribution in [1.29, 1.82) is 0 Å². The molecule has 0 heterocycles. The molecule has 0 unspecified atom stereocenters. The Morgan fingerprint density at radius 3 is 2.06 bits per heavy atom. The van der Waals surface area contributed by atoms with Gasteiger partial charge in [0.1, 0.15) is 0 Å². The summed E-state index contributed by atoms with van der Waals surface area (Å²) in [4.78, 5) is 0. The number of hydrogen-bond acceptors (Lipinski definition) is 0. The van der Waals surface area contributed by atoms with Gasteiger partial charge in [0, 0.05) is 0 Å². The van der Waals surface area contributed by atoms with Crippen molar-refractivity contribution in [2.24, 2.45) is 0 Å². The van der Waals surface area contributed by atoms with Crippen molar-refractivity contribution in [3.05, 3.63) is 70.2 Å². The van der Waals surface area contributed by atoms with E-state index in [0.717, 1.165) is 9.49 Å². The summed E-state index contributed by atoms with van der Waals surface area (Å²) < 4.78 is 2.22. The molecule has 0 aliphatic carbocycles. The Balaban J connectivity index is 2.09. The fraction of sp³-hybridized carbons (Fsp3) is 0. The summed E-state index contributed by atoms with van der Waals surface area (Å²) in [5, 5.41) is 0. The fourth-order valence-corrected chi connectivity index (χ4v) is 3.40. The van der Waals surface area contributed by atoms with Crippen LogP contribution in [0.1, 0.15) is 5.56 Å².